The second-order valence-electron chi connectivity index (χ2n) is 8.72. The summed E-state index contributed by atoms with van der Waals surface area (Å²) in [6.45, 7) is 8.36. The zero-order valence-electron chi connectivity index (χ0n) is 20.4. The second kappa shape index (κ2) is 9.92. The fourth-order valence-corrected chi connectivity index (χ4v) is 5.14. The van der Waals surface area contributed by atoms with Crippen molar-refractivity contribution in [3.63, 3.8) is 0 Å². The molecule has 0 saturated heterocycles. The van der Waals surface area contributed by atoms with Crippen LogP contribution < -0.4 is 10.0 Å². The van der Waals surface area contributed by atoms with Crippen molar-refractivity contribution in [2.75, 3.05) is 6.54 Å². The van der Waals surface area contributed by atoms with Gasteiger partial charge in [-0.1, -0.05) is 48.9 Å². The lowest BCUT2D eigenvalue weighted by atomic mass is 10.0. The Morgan fingerprint density at radius 1 is 1.00 bits per heavy atom. The fraction of sp³-hybridized carbons (Fsp3) is 0.259. The Morgan fingerprint density at radius 3 is 2.34 bits per heavy atom. The van der Waals surface area contributed by atoms with E-state index in [1.807, 2.05) is 32.9 Å². The highest BCUT2D eigenvalue weighted by Gasteiger charge is 2.17. The lowest BCUT2D eigenvalue weighted by molar-refractivity contribution is 0.246. The van der Waals surface area contributed by atoms with Crippen molar-refractivity contribution in [1.82, 2.24) is 19.4 Å². The van der Waals surface area contributed by atoms with Gasteiger partial charge in [0.25, 0.3) is 10.0 Å². The average Bonchev–Trinajstić information content (AvgIpc) is 3.18. The SMILES string of the molecule is CCc1cc2c(C)nc(C)cn2c1-c1ccc(CCNC(=O)NS(=O)(=O)c2ccc(C)cc2)cc1. The van der Waals surface area contributed by atoms with Gasteiger partial charge in [-0.3, -0.25) is 4.98 Å². The van der Waals surface area contributed by atoms with Crippen LogP contribution in [-0.4, -0.2) is 30.4 Å². The Balaban J connectivity index is 1.41. The molecular weight excluding hydrogens is 460 g/mol. The molecule has 8 heteroatoms. The van der Waals surface area contributed by atoms with E-state index in [9.17, 15) is 13.2 Å². The molecule has 4 rings (SSSR count). The smallest absolute Gasteiger partial charge is 0.328 e. The first-order valence-electron chi connectivity index (χ1n) is 11.6. The van der Waals surface area contributed by atoms with E-state index in [1.54, 1.807) is 12.1 Å². The van der Waals surface area contributed by atoms with Crippen molar-refractivity contribution in [2.24, 2.45) is 0 Å². The summed E-state index contributed by atoms with van der Waals surface area (Å²) in [4.78, 5) is 16.8. The number of nitrogens with one attached hydrogen (secondary N) is 2. The first-order valence-corrected chi connectivity index (χ1v) is 13.1. The molecule has 182 valence electrons. The molecule has 2 amide bonds. The van der Waals surface area contributed by atoms with Gasteiger partial charge in [0.2, 0.25) is 0 Å². The quantitative estimate of drug-likeness (QED) is 0.392. The molecule has 0 atom stereocenters. The minimum absolute atomic E-state index is 0.0550. The fourth-order valence-electron chi connectivity index (χ4n) is 4.21. The highest BCUT2D eigenvalue weighted by molar-refractivity contribution is 7.90. The molecule has 2 aromatic carbocycles. The van der Waals surface area contributed by atoms with Gasteiger partial charge >= 0.3 is 6.03 Å². The third-order valence-corrected chi connectivity index (χ3v) is 7.36. The summed E-state index contributed by atoms with van der Waals surface area (Å²) in [6, 6.07) is 16.0. The van der Waals surface area contributed by atoms with E-state index < -0.39 is 16.1 Å². The molecule has 2 heterocycles. The molecule has 0 aliphatic heterocycles. The first kappa shape index (κ1) is 24.5. The van der Waals surface area contributed by atoms with Gasteiger partial charge in [-0.15, -0.1) is 0 Å². The van der Waals surface area contributed by atoms with Gasteiger partial charge in [-0.25, -0.2) is 17.9 Å². The summed E-state index contributed by atoms with van der Waals surface area (Å²) in [7, 11) is -3.90. The third kappa shape index (κ3) is 5.38. The number of nitrogens with zero attached hydrogens (tertiary/aromatic N) is 2. The standard InChI is InChI=1S/C27H30N4O3S/c1-5-22-16-25-20(4)29-19(3)17-31(25)26(22)23-10-8-21(9-11-23)14-15-28-27(32)30-35(33,34)24-12-6-18(2)7-13-24/h6-13,16-17H,5,14-15H2,1-4H3,(H2,28,30,32). The normalized spacial score (nSPS) is 11.5. The number of aromatic nitrogens is 2. The lowest BCUT2D eigenvalue weighted by Crippen LogP contribution is -2.40. The Hall–Kier alpha value is -3.65. The number of aryl methyl sites for hydroxylation is 4. The molecule has 0 saturated carbocycles. The maximum Gasteiger partial charge on any atom is 0.328 e. The van der Waals surface area contributed by atoms with Crippen molar-refractivity contribution >= 4 is 21.6 Å². The minimum Gasteiger partial charge on any atom is -0.337 e. The number of hydrogen-bond acceptors (Lipinski definition) is 4. The van der Waals surface area contributed by atoms with Crippen LogP contribution in [-0.2, 0) is 22.9 Å². The molecule has 35 heavy (non-hydrogen) atoms. The molecular formula is C27H30N4O3S. The van der Waals surface area contributed by atoms with Gasteiger partial charge in [0.15, 0.2) is 0 Å². The highest BCUT2D eigenvalue weighted by Crippen LogP contribution is 2.29. The van der Waals surface area contributed by atoms with Crippen molar-refractivity contribution < 1.29 is 13.2 Å². The van der Waals surface area contributed by atoms with Gasteiger partial charge in [-0.05, 0) is 68.5 Å². The number of fused-ring (bicyclic) bond motifs is 1. The molecule has 4 aromatic rings. The van der Waals surface area contributed by atoms with E-state index in [2.05, 4.69) is 50.7 Å². The van der Waals surface area contributed by atoms with E-state index >= 15 is 0 Å². The number of sulfonamides is 1. The Bertz CT molecular complexity index is 1470. The third-order valence-electron chi connectivity index (χ3n) is 6.01. The minimum atomic E-state index is -3.90. The molecule has 0 fully saturated rings. The van der Waals surface area contributed by atoms with Crippen LogP contribution in [0.3, 0.4) is 0 Å². The van der Waals surface area contributed by atoms with Crippen LogP contribution in [0.25, 0.3) is 16.8 Å². The predicted octanol–water partition coefficient (Wildman–Crippen LogP) is 4.72. The molecule has 7 nitrogen and oxygen atoms in total. The summed E-state index contributed by atoms with van der Waals surface area (Å²) in [6.07, 6.45) is 3.57. The summed E-state index contributed by atoms with van der Waals surface area (Å²) in [5.74, 6) is 0. The zero-order valence-corrected chi connectivity index (χ0v) is 21.2. The number of carbonyl (C=O) groups excluding carboxylic acids is 1. The average molecular weight is 491 g/mol. The molecule has 0 spiro atoms. The Kier molecular flexibility index (Phi) is 6.93. The van der Waals surface area contributed by atoms with Crippen LogP contribution >= 0.6 is 0 Å². The van der Waals surface area contributed by atoms with E-state index in [0.717, 1.165) is 40.0 Å². The van der Waals surface area contributed by atoms with Crippen LogP contribution in [0, 0.1) is 20.8 Å². The van der Waals surface area contributed by atoms with Crippen molar-refractivity contribution in [1.29, 1.82) is 0 Å². The maximum absolute atomic E-state index is 12.3. The van der Waals surface area contributed by atoms with E-state index in [0.29, 0.717) is 13.0 Å². The molecule has 0 bridgehead atoms. The van der Waals surface area contributed by atoms with Gasteiger partial charge < -0.3 is 9.72 Å². The monoisotopic (exact) mass is 490 g/mol. The van der Waals surface area contributed by atoms with Gasteiger partial charge in [0.05, 0.1) is 27.5 Å². The largest absolute Gasteiger partial charge is 0.337 e. The number of urea groups is 1. The van der Waals surface area contributed by atoms with E-state index in [4.69, 9.17) is 0 Å². The summed E-state index contributed by atoms with van der Waals surface area (Å²) in [5, 5.41) is 2.63. The lowest BCUT2D eigenvalue weighted by Gasteiger charge is -2.10. The number of hydrogen-bond donors (Lipinski definition) is 2. The van der Waals surface area contributed by atoms with Crippen LogP contribution in [0.2, 0.25) is 0 Å². The zero-order chi connectivity index (χ0) is 25.2. The van der Waals surface area contributed by atoms with Crippen LogP contribution in [0.5, 0.6) is 0 Å². The highest BCUT2D eigenvalue weighted by atomic mass is 32.2. The van der Waals surface area contributed by atoms with Crippen molar-refractivity contribution in [3.05, 3.63) is 88.9 Å². The van der Waals surface area contributed by atoms with Gasteiger partial charge in [0, 0.05) is 12.7 Å². The summed E-state index contributed by atoms with van der Waals surface area (Å²) in [5.41, 5.74) is 8.63. The number of carbonyl (C=O) groups is 1. The predicted molar refractivity (Wildman–Crippen MR) is 138 cm³/mol. The summed E-state index contributed by atoms with van der Waals surface area (Å²) >= 11 is 0. The molecule has 2 N–H and O–H groups in total. The van der Waals surface area contributed by atoms with Crippen molar-refractivity contribution in [2.45, 2.75) is 45.4 Å². The molecule has 0 unspecified atom stereocenters. The van der Waals surface area contributed by atoms with E-state index in [1.165, 1.54) is 23.4 Å². The van der Waals surface area contributed by atoms with Crippen molar-refractivity contribution in [3.8, 4) is 11.3 Å². The van der Waals surface area contributed by atoms with Crippen LogP contribution in [0.15, 0.2) is 65.7 Å². The first-order chi connectivity index (χ1) is 16.7. The van der Waals surface area contributed by atoms with Crippen LogP contribution in [0.1, 0.15) is 35.0 Å². The van der Waals surface area contributed by atoms with Gasteiger partial charge in [0.1, 0.15) is 0 Å². The maximum atomic E-state index is 12.3. The summed E-state index contributed by atoms with van der Waals surface area (Å²) < 4.78 is 29.0. The Morgan fingerprint density at radius 2 is 1.69 bits per heavy atom. The molecule has 0 aliphatic carbocycles. The van der Waals surface area contributed by atoms with Gasteiger partial charge in [-0.2, -0.15) is 0 Å². The molecule has 0 radical (unpaired) electrons. The molecule has 2 aromatic heterocycles. The number of amides is 2. The van der Waals surface area contributed by atoms with E-state index in [-0.39, 0.29) is 4.90 Å². The second-order valence-corrected chi connectivity index (χ2v) is 10.4. The number of benzene rings is 2. The van der Waals surface area contributed by atoms with Crippen LogP contribution in [0.4, 0.5) is 4.79 Å². The molecule has 0 aliphatic rings. The topological polar surface area (TPSA) is 92.6 Å². The Labute approximate surface area is 206 Å². The number of rotatable bonds is 7.